The van der Waals surface area contributed by atoms with Crippen LogP contribution < -0.4 is 10.9 Å². The normalized spacial score (nSPS) is 11.2. The number of halogens is 1. The second-order valence-electron chi connectivity index (χ2n) is 7.21. The monoisotopic (exact) mass is 429 g/mol. The van der Waals surface area contributed by atoms with Crippen LogP contribution in [-0.4, -0.2) is 15.3 Å². The quantitative estimate of drug-likeness (QED) is 0.394. The van der Waals surface area contributed by atoms with Crippen molar-refractivity contribution < 1.29 is 9.21 Å². The summed E-state index contributed by atoms with van der Waals surface area (Å²) in [4.78, 5) is 29.8. The molecular formula is C24H16ClN3O3. The highest BCUT2D eigenvalue weighted by molar-refractivity contribution is 6.31. The third-order valence-electron chi connectivity index (χ3n) is 5.03. The van der Waals surface area contributed by atoms with Crippen molar-refractivity contribution in [3.63, 3.8) is 0 Å². The second-order valence-corrected chi connectivity index (χ2v) is 7.65. The van der Waals surface area contributed by atoms with E-state index >= 15 is 0 Å². The lowest BCUT2D eigenvalue weighted by atomic mass is 10.1. The minimum atomic E-state index is -0.709. The molecule has 0 bridgehead atoms. The van der Waals surface area contributed by atoms with Crippen LogP contribution in [0.3, 0.4) is 0 Å². The molecule has 1 amide bonds. The Morgan fingerprint density at radius 3 is 2.81 bits per heavy atom. The maximum Gasteiger partial charge on any atom is 0.349 e. The molecular weight excluding hydrogens is 414 g/mol. The lowest BCUT2D eigenvalue weighted by Crippen LogP contribution is -2.20. The molecule has 5 rings (SSSR count). The third-order valence-corrected chi connectivity index (χ3v) is 5.27. The van der Waals surface area contributed by atoms with Gasteiger partial charge in [-0.25, -0.2) is 9.78 Å². The Bertz CT molecular complexity index is 1530. The number of imidazole rings is 1. The van der Waals surface area contributed by atoms with E-state index in [-0.39, 0.29) is 5.56 Å². The van der Waals surface area contributed by atoms with Crippen LogP contribution in [-0.2, 0) is 0 Å². The number of fused-ring (bicyclic) bond motifs is 2. The lowest BCUT2D eigenvalue weighted by Gasteiger charge is -2.07. The molecule has 31 heavy (non-hydrogen) atoms. The van der Waals surface area contributed by atoms with E-state index in [0.29, 0.717) is 21.7 Å². The first-order valence-electron chi connectivity index (χ1n) is 9.57. The molecule has 0 saturated heterocycles. The first kappa shape index (κ1) is 19.1. The summed E-state index contributed by atoms with van der Waals surface area (Å²) >= 11 is 6.01. The molecule has 0 unspecified atom stereocenters. The fourth-order valence-corrected chi connectivity index (χ4v) is 3.68. The number of hydrogen-bond donors (Lipinski definition) is 1. The minimum Gasteiger partial charge on any atom is -0.422 e. The average molecular weight is 430 g/mol. The molecule has 0 fully saturated rings. The number of aromatic nitrogens is 2. The van der Waals surface area contributed by atoms with Gasteiger partial charge in [-0.15, -0.1) is 0 Å². The zero-order valence-corrected chi connectivity index (χ0v) is 17.2. The number of nitrogens with zero attached hydrogens (tertiary/aromatic N) is 2. The fraction of sp³-hybridized carbons (Fsp3) is 0.0417. The number of carbonyl (C=O) groups excluding carboxylic acids is 1. The number of nitrogens with one attached hydrogen (secondary N) is 1. The van der Waals surface area contributed by atoms with Gasteiger partial charge in [0.15, 0.2) is 0 Å². The fourth-order valence-electron chi connectivity index (χ4n) is 3.50. The molecule has 3 aromatic heterocycles. The summed E-state index contributed by atoms with van der Waals surface area (Å²) in [6.07, 6.45) is 3.88. The molecule has 0 aliphatic carbocycles. The highest BCUT2D eigenvalue weighted by Gasteiger charge is 2.15. The minimum absolute atomic E-state index is 0.0940. The van der Waals surface area contributed by atoms with Gasteiger partial charge in [0.25, 0.3) is 5.91 Å². The van der Waals surface area contributed by atoms with Gasteiger partial charge < -0.3 is 14.1 Å². The number of hydrogen-bond acceptors (Lipinski definition) is 4. The van der Waals surface area contributed by atoms with E-state index in [0.717, 1.165) is 22.5 Å². The van der Waals surface area contributed by atoms with Gasteiger partial charge in [-0.1, -0.05) is 29.8 Å². The van der Waals surface area contributed by atoms with Gasteiger partial charge in [-0.05, 0) is 55.0 Å². The molecule has 6 nitrogen and oxygen atoms in total. The van der Waals surface area contributed by atoms with E-state index in [9.17, 15) is 9.59 Å². The highest BCUT2D eigenvalue weighted by atomic mass is 35.5. The van der Waals surface area contributed by atoms with Gasteiger partial charge in [0.2, 0.25) is 0 Å². The van der Waals surface area contributed by atoms with E-state index < -0.39 is 11.5 Å². The summed E-state index contributed by atoms with van der Waals surface area (Å²) in [5.41, 5.74) is 3.68. The van der Waals surface area contributed by atoms with Gasteiger partial charge in [0, 0.05) is 34.1 Å². The van der Waals surface area contributed by atoms with Crippen molar-refractivity contribution in [1.29, 1.82) is 0 Å². The Hall–Kier alpha value is -3.90. The highest BCUT2D eigenvalue weighted by Crippen LogP contribution is 2.24. The Morgan fingerprint density at radius 2 is 1.97 bits per heavy atom. The van der Waals surface area contributed by atoms with Crippen molar-refractivity contribution in [2.75, 3.05) is 5.32 Å². The zero-order valence-electron chi connectivity index (χ0n) is 16.4. The first-order chi connectivity index (χ1) is 15.0. The number of pyridine rings is 1. The van der Waals surface area contributed by atoms with Crippen LogP contribution in [0.2, 0.25) is 5.02 Å². The molecule has 7 heteroatoms. The second kappa shape index (κ2) is 7.41. The topological polar surface area (TPSA) is 76.6 Å². The van der Waals surface area contributed by atoms with Gasteiger partial charge >= 0.3 is 5.63 Å². The number of amides is 1. The molecule has 0 saturated carbocycles. The molecule has 3 heterocycles. The summed E-state index contributed by atoms with van der Waals surface area (Å²) in [6, 6.07) is 17.6. The summed E-state index contributed by atoms with van der Waals surface area (Å²) in [5.74, 6) is -0.557. The molecule has 2 aromatic carbocycles. The molecule has 152 valence electrons. The van der Waals surface area contributed by atoms with Crippen LogP contribution in [0.25, 0.3) is 27.9 Å². The maximum atomic E-state index is 12.8. The average Bonchev–Trinajstić information content (AvgIpc) is 3.19. The Balaban J connectivity index is 1.47. The van der Waals surface area contributed by atoms with E-state index in [4.69, 9.17) is 21.0 Å². The molecule has 0 aliphatic heterocycles. The molecule has 1 N–H and O–H groups in total. The Labute approximate surface area is 181 Å². The number of aryl methyl sites for hydroxylation is 1. The zero-order chi connectivity index (χ0) is 21.5. The predicted octanol–water partition coefficient (Wildman–Crippen LogP) is 5.32. The molecule has 0 radical (unpaired) electrons. The van der Waals surface area contributed by atoms with E-state index in [2.05, 4.69) is 5.32 Å². The van der Waals surface area contributed by atoms with Gasteiger partial charge in [-0.3, -0.25) is 4.79 Å². The van der Waals surface area contributed by atoms with Crippen molar-refractivity contribution >= 4 is 39.8 Å². The van der Waals surface area contributed by atoms with Crippen molar-refractivity contribution in [1.82, 2.24) is 9.38 Å². The van der Waals surface area contributed by atoms with Crippen molar-refractivity contribution in [3.8, 4) is 11.3 Å². The molecule has 0 aliphatic rings. The van der Waals surface area contributed by atoms with Crippen LogP contribution >= 0.6 is 11.6 Å². The van der Waals surface area contributed by atoms with Crippen molar-refractivity contribution in [2.24, 2.45) is 0 Å². The van der Waals surface area contributed by atoms with Crippen molar-refractivity contribution in [3.05, 3.63) is 99.6 Å². The third kappa shape index (κ3) is 3.58. The largest absolute Gasteiger partial charge is 0.422 e. The maximum absolute atomic E-state index is 12.8. The van der Waals surface area contributed by atoms with E-state index in [1.165, 1.54) is 6.07 Å². The predicted molar refractivity (Wildman–Crippen MR) is 121 cm³/mol. The van der Waals surface area contributed by atoms with Crippen LogP contribution in [0.5, 0.6) is 0 Å². The summed E-state index contributed by atoms with van der Waals surface area (Å²) in [6.45, 7) is 2.01. The molecule has 0 spiro atoms. The Morgan fingerprint density at radius 1 is 1.10 bits per heavy atom. The van der Waals surface area contributed by atoms with Crippen LogP contribution in [0, 0.1) is 6.92 Å². The number of carbonyl (C=O) groups is 1. The smallest absolute Gasteiger partial charge is 0.349 e. The summed E-state index contributed by atoms with van der Waals surface area (Å²) in [5, 5.41) is 3.83. The van der Waals surface area contributed by atoms with Gasteiger partial charge in [0.1, 0.15) is 16.8 Å². The molecule has 5 aromatic rings. The van der Waals surface area contributed by atoms with Crippen LogP contribution in [0.1, 0.15) is 15.9 Å². The Kier molecular flexibility index (Phi) is 4.56. The SMILES string of the molecule is Cc1cccn2cc(-c3cccc(NC(=O)c4cc5cc(Cl)ccc5oc4=O)c3)nc12. The van der Waals surface area contributed by atoms with Gasteiger partial charge in [-0.2, -0.15) is 0 Å². The summed E-state index contributed by atoms with van der Waals surface area (Å²) < 4.78 is 7.22. The molecule has 0 atom stereocenters. The van der Waals surface area contributed by atoms with E-state index in [1.54, 1.807) is 24.3 Å². The standard InChI is InChI=1S/C24H16ClN3O3/c1-14-4-3-9-28-13-20(27-22(14)28)15-5-2-6-18(11-15)26-23(29)19-12-16-10-17(25)7-8-21(16)31-24(19)30/h2-13H,1H3,(H,26,29). The van der Waals surface area contributed by atoms with Crippen LogP contribution in [0.4, 0.5) is 5.69 Å². The number of benzene rings is 2. The lowest BCUT2D eigenvalue weighted by molar-refractivity contribution is 0.102. The van der Waals surface area contributed by atoms with Crippen molar-refractivity contribution in [2.45, 2.75) is 6.92 Å². The summed E-state index contributed by atoms with van der Waals surface area (Å²) in [7, 11) is 0. The van der Waals surface area contributed by atoms with Gasteiger partial charge in [0.05, 0.1) is 5.69 Å². The first-order valence-corrected chi connectivity index (χ1v) is 9.95. The number of anilines is 1. The van der Waals surface area contributed by atoms with Crippen LogP contribution in [0.15, 0.2) is 82.3 Å². The number of rotatable bonds is 3. The van der Waals surface area contributed by atoms with E-state index in [1.807, 2.05) is 54.0 Å².